The van der Waals surface area contributed by atoms with E-state index in [1.807, 2.05) is 0 Å². The summed E-state index contributed by atoms with van der Waals surface area (Å²) in [7, 11) is 0. The number of carboxylic acid groups (broad SMARTS) is 1. The van der Waals surface area contributed by atoms with E-state index < -0.39 is 29.8 Å². The average Bonchev–Trinajstić information content (AvgIpc) is 2.44. The van der Waals surface area contributed by atoms with Crippen LogP contribution >= 0.6 is 0 Å². The molecule has 1 aliphatic heterocycles. The standard InChI is InChI=1S/C10H17NO5/c1-10(2,3)16-9(15)11-5-6(12)4-7(11)8(13)14/h6-7,12H,4-5H2,1-3H3,(H,13,14)/p-1/t6-,7-/m0/s1. The largest absolute Gasteiger partial charge is 0.548 e. The first-order valence-electron chi connectivity index (χ1n) is 5.09. The number of hydrogen-bond donors (Lipinski definition) is 1. The van der Waals surface area contributed by atoms with Crippen molar-refractivity contribution in [2.45, 2.75) is 44.9 Å². The first-order valence-corrected chi connectivity index (χ1v) is 5.09. The third kappa shape index (κ3) is 3.10. The lowest BCUT2D eigenvalue weighted by atomic mass is 10.2. The van der Waals surface area contributed by atoms with Gasteiger partial charge in [0.05, 0.1) is 24.7 Å². The van der Waals surface area contributed by atoms with Crippen molar-refractivity contribution in [1.29, 1.82) is 0 Å². The molecule has 0 radical (unpaired) electrons. The van der Waals surface area contributed by atoms with E-state index in [1.54, 1.807) is 20.8 Å². The van der Waals surface area contributed by atoms with Gasteiger partial charge in [0.2, 0.25) is 0 Å². The number of ether oxygens (including phenoxy) is 1. The quantitative estimate of drug-likeness (QED) is 0.631. The van der Waals surface area contributed by atoms with Crippen LogP contribution in [0.25, 0.3) is 0 Å². The van der Waals surface area contributed by atoms with Crippen LogP contribution in [0.4, 0.5) is 4.79 Å². The van der Waals surface area contributed by atoms with Gasteiger partial charge in [0, 0.05) is 6.42 Å². The number of likely N-dealkylation sites (tertiary alicyclic amines) is 1. The molecule has 1 amide bonds. The minimum Gasteiger partial charge on any atom is -0.548 e. The van der Waals surface area contributed by atoms with Crippen molar-refractivity contribution in [2.75, 3.05) is 6.54 Å². The van der Waals surface area contributed by atoms with Gasteiger partial charge in [0.25, 0.3) is 0 Å². The van der Waals surface area contributed by atoms with Gasteiger partial charge < -0.3 is 19.7 Å². The van der Waals surface area contributed by atoms with Crippen molar-refractivity contribution < 1.29 is 24.5 Å². The summed E-state index contributed by atoms with van der Waals surface area (Å²) in [5.74, 6) is -1.37. The number of rotatable bonds is 1. The van der Waals surface area contributed by atoms with Crippen LogP contribution in [0.1, 0.15) is 27.2 Å². The van der Waals surface area contributed by atoms with E-state index in [-0.39, 0.29) is 13.0 Å². The smallest absolute Gasteiger partial charge is 0.410 e. The van der Waals surface area contributed by atoms with Gasteiger partial charge in [-0.1, -0.05) is 0 Å². The zero-order valence-corrected chi connectivity index (χ0v) is 9.60. The number of hydrogen-bond acceptors (Lipinski definition) is 5. The van der Waals surface area contributed by atoms with Gasteiger partial charge in [-0.2, -0.15) is 0 Å². The summed E-state index contributed by atoms with van der Waals surface area (Å²) in [6, 6.07) is -1.11. The Morgan fingerprint density at radius 2 is 2.00 bits per heavy atom. The molecule has 0 aliphatic carbocycles. The van der Waals surface area contributed by atoms with Gasteiger partial charge in [0.1, 0.15) is 5.60 Å². The molecule has 1 N–H and O–H groups in total. The molecule has 92 valence electrons. The van der Waals surface area contributed by atoms with Gasteiger partial charge >= 0.3 is 6.09 Å². The zero-order valence-electron chi connectivity index (χ0n) is 9.60. The maximum absolute atomic E-state index is 11.6. The molecule has 1 heterocycles. The fourth-order valence-electron chi connectivity index (χ4n) is 1.56. The van der Waals surface area contributed by atoms with E-state index in [2.05, 4.69) is 0 Å². The average molecular weight is 230 g/mol. The predicted octanol–water partition coefficient (Wildman–Crippen LogP) is -0.893. The van der Waals surface area contributed by atoms with E-state index in [4.69, 9.17) is 4.74 Å². The summed E-state index contributed by atoms with van der Waals surface area (Å²) in [5.41, 5.74) is -0.693. The van der Waals surface area contributed by atoms with Crippen molar-refractivity contribution in [2.24, 2.45) is 0 Å². The summed E-state index contributed by atoms with van der Waals surface area (Å²) in [5, 5.41) is 20.1. The molecule has 6 nitrogen and oxygen atoms in total. The Labute approximate surface area is 93.8 Å². The molecule has 1 aliphatic rings. The van der Waals surface area contributed by atoms with Crippen LogP contribution in [-0.4, -0.2) is 46.4 Å². The van der Waals surface area contributed by atoms with Crippen LogP contribution in [-0.2, 0) is 9.53 Å². The molecule has 1 rings (SSSR count). The molecular weight excluding hydrogens is 214 g/mol. The molecular formula is C10H16NO5-. The van der Waals surface area contributed by atoms with Crippen LogP contribution < -0.4 is 5.11 Å². The lowest BCUT2D eigenvalue weighted by molar-refractivity contribution is -0.310. The molecule has 6 heteroatoms. The van der Waals surface area contributed by atoms with Crippen LogP contribution in [0.15, 0.2) is 0 Å². The third-order valence-corrected chi connectivity index (χ3v) is 2.18. The van der Waals surface area contributed by atoms with Crippen molar-refractivity contribution in [1.82, 2.24) is 4.90 Å². The van der Waals surface area contributed by atoms with E-state index in [0.717, 1.165) is 4.90 Å². The minimum absolute atomic E-state index is 0.0123. The summed E-state index contributed by atoms with van der Waals surface area (Å²) >= 11 is 0. The number of aliphatic hydroxyl groups excluding tert-OH is 1. The van der Waals surface area contributed by atoms with E-state index in [0.29, 0.717) is 0 Å². The molecule has 2 atom stereocenters. The lowest BCUT2D eigenvalue weighted by Gasteiger charge is -2.28. The number of aliphatic carboxylic acids is 1. The molecule has 16 heavy (non-hydrogen) atoms. The number of carbonyl (C=O) groups excluding carboxylic acids is 2. The zero-order chi connectivity index (χ0) is 12.5. The lowest BCUT2D eigenvalue weighted by Crippen LogP contribution is -2.48. The van der Waals surface area contributed by atoms with Crippen molar-refractivity contribution in [3.05, 3.63) is 0 Å². The number of carboxylic acids is 1. The van der Waals surface area contributed by atoms with E-state index in [1.165, 1.54) is 0 Å². The molecule has 0 aromatic heterocycles. The highest BCUT2D eigenvalue weighted by atomic mass is 16.6. The Morgan fingerprint density at radius 1 is 1.44 bits per heavy atom. The number of β-amino-alcohol motifs (C(OH)–C–C–N with tert-alkyl or cyclic N) is 1. The van der Waals surface area contributed by atoms with Crippen LogP contribution in [0.2, 0.25) is 0 Å². The summed E-state index contributed by atoms with van der Waals surface area (Å²) < 4.78 is 5.04. The molecule has 0 aromatic rings. The highest BCUT2D eigenvalue weighted by Gasteiger charge is 2.37. The Hall–Kier alpha value is -1.30. The van der Waals surface area contributed by atoms with Gasteiger partial charge in [-0.15, -0.1) is 0 Å². The summed E-state index contributed by atoms with van der Waals surface area (Å²) in [4.78, 5) is 23.4. The topological polar surface area (TPSA) is 89.9 Å². The molecule has 1 fully saturated rings. The molecule has 0 bridgehead atoms. The maximum atomic E-state index is 11.6. The maximum Gasteiger partial charge on any atom is 0.410 e. The Bertz CT molecular complexity index is 296. The van der Waals surface area contributed by atoms with Crippen LogP contribution in [0, 0.1) is 0 Å². The van der Waals surface area contributed by atoms with Crippen molar-refractivity contribution in [3.63, 3.8) is 0 Å². The van der Waals surface area contributed by atoms with Crippen molar-refractivity contribution >= 4 is 12.1 Å². The molecule has 0 aromatic carbocycles. The normalized spacial score (nSPS) is 25.6. The monoisotopic (exact) mass is 230 g/mol. The number of nitrogens with zero attached hydrogens (tertiary/aromatic N) is 1. The Kier molecular flexibility index (Phi) is 3.42. The van der Waals surface area contributed by atoms with Gasteiger partial charge in [-0.3, -0.25) is 4.90 Å². The van der Waals surface area contributed by atoms with Crippen LogP contribution in [0.3, 0.4) is 0 Å². The molecule has 0 unspecified atom stereocenters. The molecule has 1 saturated heterocycles. The van der Waals surface area contributed by atoms with E-state index >= 15 is 0 Å². The number of amides is 1. The molecule has 0 saturated carbocycles. The summed E-state index contributed by atoms with van der Waals surface area (Å²) in [6.45, 7) is 5.02. The number of carbonyl (C=O) groups is 2. The molecule has 0 spiro atoms. The van der Waals surface area contributed by atoms with E-state index in [9.17, 15) is 19.8 Å². The fourth-order valence-corrected chi connectivity index (χ4v) is 1.56. The highest BCUT2D eigenvalue weighted by Crippen LogP contribution is 2.20. The first kappa shape index (κ1) is 12.8. The third-order valence-electron chi connectivity index (χ3n) is 2.18. The Morgan fingerprint density at radius 3 is 2.44 bits per heavy atom. The van der Waals surface area contributed by atoms with Gasteiger partial charge in [-0.05, 0) is 20.8 Å². The van der Waals surface area contributed by atoms with Gasteiger partial charge in [0.15, 0.2) is 0 Å². The predicted molar refractivity (Wildman–Crippen MR) is 52.4 cm³/mol. The minimum atomic E-state index is -1.37. The second-order valence-corrected chi connectivity index (χ2v) is 4.86. The second-order valence-electron chi connectivity index (χ2n) is 4.86. The van der Waals surface area contributed by atoms with Gasteiger partial charge in [-0.25, -0.2) is 4.79 Å². The van der Waals surface area contributed by atoms with Crippen molar-refractivity contribution in [3.8, 4) is 0 Å². The first-order chi connectivity index (χ1) is 7.20. The number of aliphatic hydroxyl groups is 1. The second kappa shape index (κ2) is 4.29. The van der Waals surface area contributed by atoms with Crippen LogP contribution in [0.5, 0.6) is 0 Å². The SMILES string of the molecule is CC(C)(C)OC(=O)N1C[C@@H](O)C[C@H]1C(=O)[O-]. The Balaban J connectivity index is 2.71. The fraction of sp³-hybridized carbons (Fsp3) is 0.800. The highest BCUT2D eigenvalue weighted by molar-refractivity contribution is 5.79. The summed E-state index contributed by atoms with van der Waals surface area (Å²) in [6.07, 6.45) is -1.59.